The summed E-state index contributed by atoms with van der Waals surface area (Å²) < 4.78 is 11.3. The Bertz CT molecular complexity index is 1420. The smallest absolute Gasteiger partial charge is 0.409 e. The molecule has 9 heteroatoms. The predicted molar refractivity (Wildman–Crippen MR) is 163 cm³/mol. The fourth-order valence-electron chi connectivity index (χ4n) is 5.90. The minimum absolute atomic E-state index is 0.00647. The minimum atomic E-state index is -0.280. The number of carbonyl (C=O) groups is 3. The van der Waals surface area contributed by atoms with Gasteiger partial charge in [0.05, 0.1) is 12.6 Å². The Balaban J connectivity index is 1.31. The number of hydrogen-bond donors (Lipinski definition) is 0. The van der Waals surface area contributed by atoms with Crippen molar-refractivity contribution in [3.05, 3.63) is 88.9 Å². The summed E-state index contributed by atoms with van der Waals surface area (Å²) in [5.41, 5.74) is 3.03. The maximum absolute atomic E-state index is 13.9. The van der Waals surface area contributed by atoms with E-state index in [-0.39, 0.29) is 36.1 Å². The van der Waals surface area contributed by atoms with Gasteiger partial charge in [0.1, 0.15) is 11.9 Å². The van der Waals surface area contributed by atoms with Gasteiger partial charge in [0.2, 0.25) is 5.91 Å². The number of rotatable bonds is 6. The van der Waals surface area contributed by atoms with E-state index in [1.165, 1.54) is 0 Å². The second kappa shape index (κ2) is 12.9. The van der Waals surface area contributed by atoms with Crippen LogP contribution < -0.4 is 14.5 Å². The lowest BCUT2D eigenvalue weighted by Crippen LogP contribution is -2.47. The average molecular weight is 590 g/mol. The van der Waals surface area contributed by atoms with Gasteiger partial charge in [0.15, 0.2) is 0 Å². The van der Waals surface area contributed by atoms with Crippen LogP contribution in [0.3, 0.4) is 0 Å². The quantitative estimate of drug-likeness (QED) is 0.313. The second-order valence-electron chi connectivity index (χ2n) is 10.7. The van der Waals surface area contributed by atoms with Gasteiger partial charge in [0.25, 0.3) is 5.91 Å². The molecule has 2 aliphatic heterocycles. The Labute approximate surface area is 251 Å². The van der Waals surface area contributed by atoms with E-state index in [9.17, 15) is 14.4 Å². The van der Waals surface area contributed by atoms with Crippen LogP contribution in [0.15, 0.2) is 72.8 Å². The van der Waals surface area contributed by atoms with E-state index in [1.807, 2.05) is 60.4 Å². The van der Waals surface area contributed by atoms with Gasteiger partial charge >= 0.3 is 6.09 Å². The number of amides is 3. The average Bonchev–Trinajstić information content (AvgIpc) is 2.99. The molecule has 8 nitrogen and oxygen atoms in total. The van der Waals surface area contributed by atoms with Crippen LogP contribution in [0.2, 0.25) is 5.02 Å². The molecule has 220 valence electrons. The Morgan fingerprint density at radius 2 is 1.62 bits per heavy atom. The number of fused-ring (bicyclic) bond motifs is 1. The van der Waals surface area contributed by atoms with Crippen molar-refractivity contribution in [2.24, 2.45) is 0 Å². The molecule has 0 aromatic heterocycles. The molecule has 3 amide bonds. The van der Waals surface area contributed by atoms with Gasteiger partial charge < -0.3 is 24.2 Å². The van der Waals surface area contributed by atoms with Crippen LogP contribution >= 0.6 is 11.6 Å². The largest absolute Gasteiger partial charge is 0.490 e. The third-order valence-corrected chi connectivity index (χ3v) is 8.16. The van der Waals surface area contributed by atoms with Gasteiger partial charge in [0, 0.05) is 60.9 Å². The molecule has 1 saturated heterocycles. The molecule has 0 spiro atoms. The van der Waals surface area contributed by atoms with Crippen molar-refractivity contribution in [3.8, 4) is 5.75 Å². The molecular formula is C33H36ClN3O5. The maximum Gasteiger partial charge on any atom is 0.409 e. The van der Waals surface area contributed by atoms with Gasteiger partial charge in [-0.1, -0.05) is 29.8 Å². The summed E-state index contributed by atoms with van der Waals surface area (Å²) in [6.45, 7) is 6.92. The van der Waals surface area contributed by atoms with Crippen LogP contribution in [-0.2, 0) is 9.53 Å². The first-order chi connectivity index (χ1) is 20.3. The molecule has 3 aromatic carbocycles. The Kier molecular flexibility index (Phi) is 9.02. The fourth-order valence-corrected chi connectivity index (χ4v) is 6.02. The normalized spacial score (nSPS) is 18.7. The molecule has 5 rings (SSSR count). The van der Waals surface area contributed by atoms with Crippen LogP contribution in [-0.4, -0.2) is 54.6 Å². The molecule has 0 N–H and O–H groups in total. The van der Waals surface area contributed by atoms with Gasteiger partial charge in [-0.3, -0.25) is 9.59 Å². The zero-order valence-corrected chi connectivity index (χ0v) is 24.9. The minimum Gasteiger partial charge on any atom is -0.490 e. The monoisotopic (exact) mass is 589 g/mol. The zero-order chi connectivity index (χ0) is 29.8. The number of nitrogens with zero attached hydrogens (tertiary/aromatic N) is 3. The summed E-state index contributed by atoms with van der Waals surface area (Å²) in [4.78, 5) is 44.1. The van der Waals surface area contributed by atoms with Gasteiger partial charge in [-0.2, -0.15) is 0 Å². The van der Waals surface area contributed by atoms with Crippen molar-refractivity contribution in [3.63, 3.8) is 0 Å². The number of halogens is 1. The van der Waals surface area contributed by atoms with Crippen molar-refractivity contribution in [1.29, 1.82) is 0 Å². The summed E-state index contributed by atoms with van der Waals surface area (Å²) in [5, 5.41) is 0.604. The van der Waals surface area contributed by atoms with Crippen LogP contribution in [0.25, 0.3) is 0 Å². The topological polar surface area (TPSA) is 79.4 Å². The number of anilines is 2. The molecule has 0 radical (unpaired) electrons. The van der Waals surface area contributed by atoms with Gasteiger partial charge in [-0.25, -0.2) is 4.79 Å². The molecular weight excluding hydrogens is 554 g/mol. The molecule has 42 heavy (non-hydrogen) atoms. The predicted octanol–water partition coefficient (Wildman–Crippen LogP) is 6.87. The van der Waals surface area contributed by atoms with E-state index in [1.54, 1.807) is 47.9 Å². The Hall–Kier alpha value is -4.04. The number of para-hydroxylation sites is 1. The maximum atomic E-state index is 13.9. The van der Waals surface area contributed by atoms with Crippen LogP contribution in [0, 0.1) is 0 Å². The van der Waals surface area contributed by atoms with E-state index in [0.29, 0.717) is 42.5 Å². The molecule has 0 bridgehead atoms. The van der Waals surface area contributed by atoms with Crippen LogP contribution in [0.4, 0.5) is 16.2 Å². The van der Waals surface area contributed by atoms with Crippen molar-refractivity contribution < 1.29 is 23.9 Å². The van der Waals surface area contributed by atoms with Crippen molar-refractivity contribution in [2.75, 3.05) is 29.5 Å². The van der Waals surface area contributed by atoms with Crippen LogP contribution in [0.5, 0.6) is 5.75 Å². The number of likely N-dealkylation sites (tertiary alicyclic amines) is 1. The number of carbonyl (C=O) groups excluding carboxylic acids is 3. The fraction of sp³-hybridized carbons (Fsp3) is 0.364. The lowest BCUT2D eigenvalue weighted by Gasteiger charge is -2.43. The summed E-state index contributed by atoms with van der Waals surface area (Å²) in [6.07, 6.45) is 1.73. The second-order valence-corrected chi connectivity index (χ2v) is 11.2. The van der Waals surface area contributed by atoms with E-state index in [0.717, 1.165) is 29.8 Å². The summed E-state index contributed by atoms with van der Waals surface area (Å²) >= 11 is 6.11. The first-order valence-corrected chi connectivity index (χ1v) is 14.8. The van der Waals surface area contributed by atoms with E-state index < -0.39 is 0 Å². The highest BCUT2D eigenvalue weighted by molar-refractivity contribution is 6.30. The lowest BCUT2D eigenvalue weighted by molar-refractivity contribution is -0.117. The van der Waals surface area contributed by atoms with Gasteiger partial charge in [-0.15, -0.1) is 0 Å². The molecule has 2 heterocycles. The first-order valence-electron chi connectivity index (χ1n) is 14.4. The van der Waals surface area contributed by atoms with E-state index in [4.69, 9.17) is 21.1 Å². The molecule has 0 saturated carbocycles. The molecule has 0 aliphatic carbocycles. The first kappa shape index (κ1) is 29.5. The standard InChI is InChI=1S/C33H36ClN3O5/c1-4-41-33(40)35-19-17-28(18-20-35)42-27-15-9-24(10-16-27)32(39)36-22(2)21-31(29-7-5-6-8-30(29)36)37(23(3)38)26-13-11-25(34)12-14-26/h5-16,22,28,31H,4,17-21H2,1-3H3. The van der Waals surface area contributed by atoms with E-state index in [2.05, 4.69) is 0 Å². The number of hydrogen-bond acceptors (Lipinski definition) is 5. The van der Waals surface area contributed by atoms with Crippen molar-refractivity contribution in [1.82, 2.24) is 4.90 Å². The molecule has 2 aliphatic rings. The highest BCUT2D eigenvalue weighted by Gasteiger charge is 2.38. The summed E-state index contributed by atoms with van der Waals surface area (Å²) in [7, 11) is 0. The van der Waals surface area contributed by atoms with Crippen LogP contribution in [0.1, 0.15) is 62.0 Å². The Morgan fingerprint density at radius 3 is 2.26 bits per heavy atom. The molecule has 2 atom stereocenters. The SMILES string of the molecule is CCOC(=O)N1CCC(Oc2ccc(C(=O)N3c4ccccc4C(N(C(C)=O)c4ccc(Cl)cc4)CC3C)cc2)CC1. The Morgan fingerprint density at radius 1 is 0.952 bits per heavy atom. The van der Waals surface area contributed by atoms with Crippen molar-refractivity contribution in [2.45, 2.75) is 58.2 Å². The van der Waals surface area contributed by atoms with Crippen molar-refractivity contribution >= 4 is 40.9 Å². The van der Waals surface area contributed by atoms with E-state index >= 15 is 0 Å². The van der Waals surface area contributed by atoms with Gasteiger partial charge in [-0.05, 0) is 80.4 Å². The highest BCUT2D eigenvalue weighted by atomic mass is 35.5. The molecule has 2 unspecified atom stereocenters. The number of benzene rings is 3. The summed E-state index contributed by atoms with van der Waals surface area (Å²) in [5.74, 6) is 0.503. The molecule has 3 aromatic rings. The third-order valence-electron chi connectivity index (χ3n) is 7.91. The lowest BCUT2D eigenvalue weighted by atomic mass is 9.89. The zero-order valence-electron chi connectivity index (χ0n) is 24.2. The number of piperidine rings is 1. The number of ether oxygens (including phenoxy) is 2. The molecule has 1 fully saturated rings. The summed E-state index contributed by atoms with van der Waals surface area (Å²) in [6, 6.07) is 21.9. The highest BCUT2D eigenvalue weighted by Crippen LogP contribution is 2.43. The third kappa shape index (κ3) is 6.23.